The molecule has 5 nitrogen and oxygen atoms in total. The van der Waals surface area contributed by atoms with Crippen LogP contribution in [0.15, 0.2) is 90.8 Å². The Hall–Kier alpha value is -3.67. The van der Waals surface area contributed by atoms with Gasteiger partial charge in [-0.05, 0) is 62.2 Å². The highest BCUT2D eigenvalue weighted by molar-refractivity contribution is 5.97. The van der Waals surface area contributed by atoms with Gasteiger partial charge in [-0.1, -0.05) is 49.1 Å². The van der Waals surface area contributed by atoms with Crippen LogP contribution in [0, 0.1) is 5.82 Å². The fourth-order valence-corrected chi connectivity index (χ4v) is 2.84. The number of ether oxygens (including phenoxy) is 1. The molecule has 2 N–H and O–H groups in total. The van der Waals surface area contributed by atoms with Crippen molar-refractivity contribution in [2.24, 2.45) is 5.73 Å². The minimum atomic E-state index is -0.704. The van der Waals surface area contributed by atoms with Gasteiger partial charge in [0.25, 0.3) is 0 Å². The second-order valence-corrected chi connectivity index (χ2v) is 8.21. The van der Waals surface area contributed by atoms with Crippen molar-refractivity contribution in [1.82, 2.24) is 4.90 Å². The highest BCUT2D eigenvalue weighted by Gasteiger charge is 2.24. The summed E-state index contributed by atoms with van der Waals surface area (Å²) in [4.78, 5) is 26.8. The summed E-state index contributed by atoms with van der Waals surface area (Å²) in [6.45, 7) is 9.20. The zero-order valence-electron chi connectivity index (χ0n) is 18.7. The number of nitrogens with zero attached hydrogens (tertiary/aromatic N) is 1. The Kier molecular flexibility index (Phi) is 8.53. The van der Waals surface area contributed by atoms with Gasteiger partial charge in [-0.15, -0.1) is 0 Å². The van der Waals surface area contributed by atoms with Crippen molar-refractivity contribution in [3.63, 3.8) is 0 Å². The summed E-state index contributed by atoms with van der Waals surface area (Å²) in [5.41, 5.74) is 7.39. The molecule has 0 bridgehead atoms. The molecule has 0 unspecified atom stereocenters. The molecule has 2 rings (SSSR count). The summed E-state index contributed by atoms with van der Waals surface area (Å²) in [6, 6.07) is 14.7. The molecule has 0 saturated carbocycles. The van der Waals surface area contributed by atoms with Gasteiger partial charge in [-0.3, -0.25) is 9.69 Å². The smallest absolute Gasteiger partial charge is 0.416 e. The highest BCUT2D eigenvalue weighted by Crippen LogP contribution is 2.18. The summed E-state index contributed by atoms with van der Waals surface area (Å²) in [5.74, 6) is -0.501. The molecule has 6 heteroatoms. The first kappa shape index (κ1) is 24.6. The van der Waals surface area contributed by atoms with E-state index in [0.29, 0.717) is 11.1 Å². The summed E-state index contributed by atoms with van der Waals surface area (Å²) in [7, 11) is 0. The molecule has 0 spiro atoms. The zero-order valence-corrected chi connectivity index (χ0v) is 18.7. The van der Waals surface area contributed by atoms with Crippen molar-refractivity contribution >= 4 is 11.9 Å². The van der Waals surface area contributed by atoms with Crippen molar-refractivity contribution in [2.45, 2.75) is 39.3 Å². The lowest BCUT2D eigenvalue weighted by molar-refractivity contribution is 0.0298. The van der Waals surface area contributed by atoms with Crippen LogP contribution < -0.4 is 5.73 Å². The number of rotatable bonds is 8. The maximum absolute atomic E-state index is 13.2. The van der Waals surface area contributed by atoms with E-state index in [2.05, 4.69) is 6.58 Å². The van der Waals surface area contributed by atoms with Crippen LogP contribution in [0.25, 0.3) is 0 Å². The van der Waals surface area contributed by atoms with Gasteiger partial charge < -0.3 is 10.5 Å². The van der Waals surface area contributed by atoms with Gasteiger partial charge in [-0.2, -0.15) is 0 Å². The molecule has 32 heavy (non-hydrogen) atoms. The van der Waals surface area contributed by atoms with Crippen molar-refractivity contribution in [2.75, 3.05) is 0 Å². The molecule has 168 valence electrons. The molecule has 2 aromatic carbocycles. The molecule has 0 aromatic heterocycles. The third-order valence-corrected chi connectivity index (χ3v) is 4.31. The molecule has 0 aliphatic heterocycles. The summed E-state index contributed by atoms with van der Waals surface area (Å²) in [6.07, 6.45) is 4.13. The average molecular weight is 437 g/mol. The van der Waals surface area contributed by atoms with Gasteiger partial charge in [0.05, 0.1) is 6.54 Å². The van der Waals surface area contributed by atoms with Crippen LogP contribution >= 0.6 is 0 Å². The largest absolute Gasteiger partial charge is 0.443 e. The predicted octanol–water partition coefficient (Wildman–Crippen LogP) is 5.75. The van der Waals surface area contributed by atoms with E-state index in [9.17, 15) is 14.0 Å². The molecule has 0 heterocycles. The number of hydrogen-bond acceptors (Lipinski definition) is 4. The van der Waals surface area contributed by atoms with E-state index in [-0.39, 0.29) is 24.6 Å². The minimum absolute atomic E-state index is 0.00580. The van der Waals surface area contributed by atoms with Crippen LogP contribution in [-0.4, -0.2) is 22.4 Å². The van der Waals surface area contributed by atoms with Crippen molar-refractivity contribution in [3.8, 4) is 0 Å². The third kappa shape index (κ3) is 7.87. The molecular formula is C26H29FN2O3. The number of carbonyl (C=O) groups is 2. The standard InChI is InChI=1S/C26H29FN2O3/c1-5-9-20(16-23(30)21-12-14-22(27)15-13-21)17-24(28)29(25(31)32-26(2,3)4)18-19-10-7-6-8-11-19/h5-15,17H,1,16,18,28H2,2-4H3/b20-9-,24-17+. The maximum atomic E-state index is 13.2. The third-order valence-electron chi connectivity index (χ3n) is 4.31. The number of carbonyl (C=O) groups excluding carboxylic acids is 2. The lowest BCUT2D eigenvalue weighted by Crippen LogP contribution is -2.38. The monoisotopic (exact) mass is 436 g/mol. The summed E-state index contributed by atoms with van der Waals surface area (Å²) < 4.78 is 18.7. The number of allylic oxidation sites excluding steroid dienone is 4. The second kappa shape index (κ2) is 11.1. The number of benzene rings is 2. The Morgan fingerprint density at radius 2 is 1.72 bits per heavy atom. The average Bonchev–Trinajstić information content (AvgIpc) is 2.72. The van der Waals surface area contributed by atoms with Crippen LogP contribution in [0.4, 0.5) is 9.18 Å². The predicted molar refractivity (Wildman–Crippen MR) is 124 cm³/mol. The van der Waals surface area contributed by atoms with E-state index in [1.54, 1.807) is 32.9 Å². The molecule has 0 saturated heterocycles. The summed E-state index contributed by atoms with van der Waals surface area (Å²) in [5, 5.41) is 0. The van der Waals surface area contributed by atoms with Crippen LogP contribution in [0.2, 0.25) is 0 Å². The Balaban J connectivity index is 2.30. The Bertz CT molecular complexity index is 1000. The minimum Gasteiger partial charge on any atom is -0.443 e. The van der Waals surface area contributed by atoms with E-state index in [4.69, 9.17) is 10.5 Å². The number of nitrogens with two attached hydrogens (primary N) is 1. The van der Waals surface area contributed by atoms with Gasteiger partial charge in [0, 0.05) is 12.0 Å². The maximum Gasteiger partial charge on any atom is 0.416 e. The van der Waals surface area contributed by atoms with Crippen LogP contribution in [0.1, 0.15) is 43.1 Å². The highest BCUT2D eigenvalue weighted by atomic mass is 19.1. The van der Waals surface area contributed by atoms with Crippen molar-refractivity contribution < 1.29 is 18.7 Å². The van der Waals surface area contributed by atoms with Gasteiger partial charge in [0.2, 0.25) is 0 Å². The molecule has 0 atom stereocenters. The number of hydrogen-bond donors (Lipinski definition) is 1. The fourth-order valence-electron chi connectivity index (χ4n) is 2.84. The van der Waals surface area contributed by atoms with Gasteiger partial charge in [-0.25, -0.2) is 9.18 Å². The quantitative estimate of drug-likeness (QED) is 0.422. The van der Waals surface area contributed by atoms with Crippen molar-refractivity contribution in [3.05, 3.63) is 108 Å². The molecule has 0 aliphatic rings. The zero-order chi connectivity index (χ0) is 23.7. The topological polar surface area (TPSA) is 72.6 Å². The first-order valence-electron chi connectivity index (χ1n) is 10.2. The van der Waals surface area contributed by atoms with Crippen molar-refractivity contribution in [1.29, 1.82) is 0 Å². The lowest BCUT2D eigenvalue weighted by atomic mass is 10.0. The molecular weight excluding hydrogens is 407 g/mol. The van der Waals surface area contributed by atoms with E-state index in [1.807, 2.05) is 30.3 Å². The van der Waals surface area contributed by atoms with Gasteiger partial charge in [0.15, 0.2) is 5.78 Å². The number of Topliss-reactive ketones (excluding diaryl/α,β-unsaturated/α-hetero) is 1. The van der Waals surface area contributed by atoms with Crippen LogP contribution in [0.5, 0.6) is 0 Å². The van der Waals surface area contributed by atoms with Crippen LogP contribution in [0.3, 0.4) is 0 Å². The molecule has 0 fully saturated rings. The lowest BCUT2D eigenvalue weighted by Gasteiger charge is -2.27. The Labute approximate surface area is 188 Å². The van der Waals surface area contributed by atoms with E-state index >= 15 is 0 Å². The normalized spacial score (nSPS) is 12.2. The Morgan fingerprint density at radius 3 is 2.28 bits per heavy atom. The number of amides is 1. The van der Waals surface area contributed by atoms with E-state index in [1.165, 1.54) is 35.2 Å². The molecule has 0 aliphatic carbocycles. The molecule has 1 amide bonds. The van der Waals surface area contributed by atoms with Gasteiger partial charge >= 0.3 is 6.09 Å². The number of halogens is 1. The molecule has 0 radical (unpaired) electrons. The summed E-state index contributed by atoms with van der Waals surface area (Å²) >= 11 is 0. The van der Waals surface area contributed by atoms with E-state index < -0.39 is 17.5 Å². The van der Waals surface area contributed by atoms with Crippen LogP contribution in [-0.2, 0) is 11.3 Å². The first-order valence-corrected chi connectivity index (χ1v) is 10.2. The SMILES string of the molecule is C=C/C=C(\C=C(/N)N(Cc1ccccc1)C(=O)OC(C)(C)C)CC(=O)c1ccc(F)cc1. The Morgan fingerprint density at radius 1 is 1.09 bits per heavy atom. The second-order valence-electron chi connectivity index (χ2n) is 8.21. The van der Waals surface area contributed by atoms with E-state index in [0.717, 1.165) is 5.56 Å². The first-order chi connectivity index (χ1) is 15.1. The fraction of sp³-hybridized carbons (Fsp3) is 0.231. The van der Waals surface area contributed by atoms with Gasteiger partial charge in [0.1, 0.15) is 17.2 Å². The molecule has 2 aromatic rings. The number of ketones is 1.